The molecule has 1 aromatic carbocycles. The molecule has 1 nitrogen and oxygen atoms in total. The Bertz CT molecular complexity index is 328. The van der Waals surface area contributed by atoms with Gasteiger partial charge in [-0.2, -0.15) is 0 Å². The summed E-state index contributed by atoms with van der Waals surface area (Å²) in [6.07, 6.45) is 0. The van der Waals surface area contributed by atoms with Gasteiger partial charge in [-0.25, -0.2) is 8.78 Å². The highest BCUT2D eigenvalue weighted by Gasteiger charge is 2.05. The number of rotatable bonds is 1. The highest BCUT2D eigenvalue weighted by atomic mass is 32.2. The molecule has 0 heterocycles. The molecule has 5 heteroatoms. The van der Waals surface area contributed by atoms with E-state index in [0.717, 1.165) is 17.8 Å². The maximum Gasteiger partial charge on any atom is 0.140 e. The first-order valence-corrected chi connectivity index (χ1v) is 4.70. The second-order valence-corrected chi connectivity index (χ2v) is 3.93. The Labute approximate surface area is 84.5 Å². The first-order valence-electron chi connectivity index (χ1n) is 3.48. The number of hydrogen-bond acceptors (Lipinski definition) is 2. The Morgan fingerprint density at radius 1 is 1.46 bits per heavy atom. The molecule has 0 bridgehead atoms. The summed E-state index contributed by atoms with van der Waals surface area (Å²) in [5, 5.41) is 2.69. The van der Waals surface area contributed by atoms with Crippen molar-refractivity contribution in [3.63, 3.8) is 0 Å². The van der Waals surface area contributed by atoms with Gasteiger partial charge in [-0.05, 0) is 12.1 Å². The normalized spacial score (nSPS) is 9.77. The van der Waals surface area contributed by atoms with E-state index in [1.807, 2.05) is 0 Å². The van der Waals surface area contributed by atoms with Gasteiger partial charge in [0.2, 0.25) is 0 Å². The van der Waals surface area contributed by atoms with Gasteiger partial charge in [0, 0.05) is 13.1 Å². The summed E-state index contributed by atoms with van der Waals surface area (Å²) in [6, 6.07) is 3.39. The molecule has 70 valence electrons. The van der Waals surface area contributed by atoms with Crippen molar-refractivity contribution in [3.05, 3.63) is 29.8 Å². The van der Waals surface area contributed by atoms with Crippen molar-refractivity contribution in [3.8, 4) is 0 Å². The van der Waals surface area contributed by atoms with Crippen LogP contribution in [0.3, 0.4) is 0 Å². The van der Waals surface area contributed by atoms with Crippen LogP contribution in [0.25, 0.3) is 0 Å². The molecule has 0 saturated heterocycles. The molecular formula is C8H7F2NS2. The largest absolute Gasteiger partial charge is 0.374 e. The number of hydrogen-bond donors (Lipinski definition) is 1. The van der Waals surface area contributed by atoms with E-state index in [0.29, 0.717) is 9.22 Å². The van der Waals surface area contributed by atoms with Crippen LogP contribution in [0.4, 0.5) is 8.78 Å². The molecule has 0 aliphatic heterocycles. The number of nitrogens with one attached hydrogen (secondary N) is 1. The highest BCUT2D eigenvalue weighted by molar-refractivity contribution is 8.23. The summed E-state index contributed by atoms with van der Waals surface area (Å²) in [4.78, 5) is 0.320. The Balaban J connectivity index is 2.83. The molecule has 13 heavy (non-hydrogen) atoms. The third-order valence-electron chi connectivity index (χ3n) is 1.30. The van der Waals surface area contributed by atoms with Gasteiger partial charge in [-0.3, -0.25) is 0 Å². The topological polar surface area (TPSA) is 12.0 Å². The Hall–Kier alpha value is -0.680. The molecule has 0 atom stereocenters. The predicted octanol–water partition coefficient (Wildman–Crippen LogP) is 2.56. The minimum Gasteiger partial charge on any atom is -0.374 e. The molecule has 1 N–H and O–H groups in total. The summed E-state index contributed by atoms with van der Waals surface area (Å²) in [5.41, 5.74) is 0. The maximum atomic E-state index is 13.0. The lowest BCUT2D eigenvalue weighted by atomic mass is 10.3. The standard InChI is InChI=1S/C8H7F2NS2/c1-11-8(12)13-7-3-2-5(9)4-6(7)10/h2-4H,1H3,(H,11,12). The quantitative estimate of drug-likeness (QED) is 0.576. The maximum absolute atomic E-state index is 13.0. The number of halogens is 2. The van der Waals surface area contributed by atoms with E-state index in [2.05, 4.69) is 5.32 Å². The van der Waals surface area contributed by atoms with E-state index in [9.17, 15) is 8.78 Å². The zero-order chi connectivity index (χ0) is 9.84. The monoisotopic (exact) mass is 219 g/mol. The van der Waals surface area contributed by atoms with Crippen LogP contribution >= 0.6 is 24.0 Å². The molecule has 0 aliphatic carbocycles. The molecule has 0 amide bonds. The van der Waals surface area contributed by atoms with Crippen LogP contribution in [0.1, 0.15) is 0 Å². The minimum absolute atomic E-state index is 0.320. The van der Waals surface area contributed by atoms with Gasteiger partial charge in [-0.1, -0.05) is 24.0 Å². The van der Waals surface area contributed by atoms with Gasteiger partial charge in [0.05, 0.1) is 4.90 Å². The molecule has 0 spiro atoms. The fraction of sp³-hybridized carbons (Fsp3) is 0.125. The van der Waals surface area contributed by atoms with Crippen LogP contribution in [0.15, 0.2) is 23.1 Å². The van der Waals surface area contributed by atoms with Crippen molar-refractivity contribution >= 4 is 28.3 Å². The summed E-state index contributed by atoms with van der Waals surface area (Å²) < 4.78 is 25.9. The van der Waals surface area contributed by atoms with E-state index < -0.39 is 11.6 Å². The van der Waals surface area contributed by atoms with Crippen LogP contribution in [-0.2, 0) is 0 Å². The van der Waals surface area contributed by atoms with Crippen LogP contribution in [-0.4, -0.2) is 11.4 Å². The third-order valence-corrected chi connectivity index (χ3v) is 2.70. The van der Waals surface area contributed by atoms with Gasteiger partial charge in [0.25, 0.3) is 0 Å². The van der Waals surface area contributed by atoms with Gasteiger partial charge in [0.1, 0.15) is 16.0 Å². The van der Waals surface area contributed by atoms with E-state index in [1.54, 1.807) is 7.05 Å². The molecular weight excluding hydrogens is 212 g/mol. The minimum atomic E-state index is -0.595. The average Bonchev–Trinajstić information content (AvgIpc) is 2.09. The second-order valence-electron chi connectivity index (χ2n) is 2.21. The van der Waals surface area contributed by atoms with E-state index >= 15 is 0 Å². The van der Waals surface area contributed by atoms with Crippen molar-refractivity contribution in [2.45, 2.75) is 4.90 Å². The van der Waals surface area contributed by atoms with Crippen molar-refractivity contribution < 1.29 is 8.78 Å². The molecule has 0 aromatic heterocycles. The number of thiocarbonyl (C=S) groups is 1. The summed E-state index contributed by atoms with van der Waals surface area (Å²) in [7, 11) is 1.65. The molecule has 1 rings (SSSR count). The fourth-order valence-electron chi connectivity index (χ4n) is 0.709. The number of thioether (sulfide) groups is 1. The molecule has 0 fully saturated rings. The lowest BCUT2D eigenvalue weighted by molar-refractivity contribution is 0.566. The van der Waals surface area contributed by atoms with E-state index in [4.69, 9.17) is 12.2 Å². The van der Waals surface area contributed by atoms with Crippen LogP contribution in [0, 0.1) is 11.6 Å². The zero-order valence-corrected chi connectivity index (χ0v) is 8.44. The highest BCUT2D eigenvalue weighted by Crippen LogP contribution is 2.22. The van der Waals surface area contributed by atoms with Crippen molar-refractivity contribution in [2.75, 3.05) is 7.05 Å². The molecule has 0 unspecified atom stereocenters. The third kappa shape index (κ3) is 2.93. The molecule has 0 saturated carbocycles. The fourth-order valence-corrected chi connectivity index (χ4v) is 1.57. The smallest absolute Gasteiger partial charge is 0.140 e. The molecule has 1 aromatic rings. The summed E-state index contributed by atoms with van der Waals surface area (Å²) in [6.45, 7) is 0. The van der Waals surface area contributed by atoms with Crippen molar-refractivity contribution in [1.82, 2.24) is 5.32 Å². The van der Waals surface area contributed by atoms with Crippen molar-refractivity contribution in [1.29, 1.82) is 0 Å². The SMILES string of the molecule is CNC(=S)Sc1ccc(F)cc1F. The Morgan fingerprint density at radius 2 is 2.15 bits per heavy atom. The average molecular weight is 219 g/mol. The van der Waals surface area contributed by atoms with Gasteiger partial charge in [0.15, 0.2) is 0 Å². The van der Waals surface area contributed by atoms with Gasteiger partial charge in [-0.15, -0.1) is 0 Å². The first-order chi connectivity index (χ1) is 6.13. The molecule has 0 radical (unpaired) electrons. The summed E-state index contributed by atoms with van der Waals surface area (Å²) in [5.74, 6) is -1.18. The second kappa shape index (κ2) is 4.53. The van der Waals surface area contributed by atoms with Gasteiger partial charge >= 0.3 is 0 Å². The van der Waals surface area contributed by atoms with E-state index in [-0.39, 0.29) is 0 Å². The number of benzene rings is 1. The van der Waals surface area contributed by atoms with E-state index in [1.165, 1.54) is 12.1 Å². The van der Waals surface area contributed by atoms with Gasteiger partial charge < -0.3 is 5.32 Å². The van der Waals surface area contributed by atoms with Crippen molar-refractivity contribution in [2.24, 2.45) is 0 Å². The Kier molecular flexibility index (Phi) is 3.62. The summed E-state index contributed by atoms with van der Waals surface area (Å²) >= 11 is 5.88. The Morgan fingerprint density at radius 3 is 2.69 bits per heavy atom. The first kappa shape index (κ1) is 10.4. The lowest BCUT2D eigenvalue weighted by Crippen LogP contribution is -2.10. The van der Waals surface area contributed by atoms with Crippen LogP contribution in [0.5, 0.6) is 0 Å². The molecule has 0 aliphatic rings. The predicted molar refractivity (Wildman–Crippen MR) is 53.9 cm³/mol. The van der Waals surface area contributed by atoms with Crippen LogP contribution in [0.2, 0.25) is 0 Å². The zero-order valence-electron chi connectivity index (χ0n) is 6.80. The lowest BCUT2D eigenvalue weighted by Gasteiger charge is -2.03. The van der Waals surface area contributed by atoms with Crippen LogP contribution < -0.4 is 5.32 Å².